The van der Waals surface area contributed by atoms with Gasteiger partial charge < -0.3 is 20.5 Å². The summed E-state index contributed by atoms with van der Waals surface area (Å²) < 4.78 is 36.4. The van der Waals surface area contributed by atoms with Gasteiger partial charge in [0.1, 0.15) is 11.6 Å². The number of aromatic nitrogens is 2. The lowest BCUT2D eigenvalue weighted by molar-refractivity contribution is -0.0498. The number of ether oxygens (including phenoxy) is 2. The third-order valence-corrected chi connectivity index (χ3v) is 5.03. The van der Waals surface area contributed by atoms with Crippen LogP contribution in [-0.2, 0) is 4.74 Å². The van der Waals surface area contributed by atoms with Crippen LogP contribution in [0.3, 0.4) is 0 Å². The molecule has 0 aliphatic carbocycles. The number of nitrogens with two attached hydrogens (primary N) is 1. The molecule has 0 unspecified atom stereocenters. The van der Waals surface area contributed by atoms with Crippen molar-refractivity contribution in [1.82, 2.24) is 15.1 Å². The molecule has 4 rings (SSSR count). The summed E-state index contributed by atoms with van der Waals surface area (Å²) in [6.45, 7) is 1.36. The van der Waals surface area contributed by atoms with Crippen LogP contribution >= 0.6 is 0 Å². The molecule has 2 aromatic carbocycles. The van der Waals surface area contributed by atoms with Crippen molar-refractivity contribution in [3.8, 4) is 11.4 Å². The van der Waals surface area contributed by atoms with Crippen LogP contribution in [0.4, 0.5) is 14.5 Å². The zero-order chi connectivity index (χ0) is 21.8. The van der Waals surface area contributed by atoms with Crippen molar-refractivity contribution >= 4 is 11.5 Å². The highest BCUT2D eigenvalue weighted by Gasteiger charge is 2.16. The van der Waals surface area contributed by atoms with E-state index in [0.717, 1.165) is 30.0 Å². The van der Waals surface area contributed by atoms with Crippen molar-refractivity contribution in [3.05, 3.63) is 71.5 Å². The Bertz CT molecular complexity index is 1040. The van der Waals surface area contributed by atoms with Crippen LogP contribution in [0.25, 0.3) is 5.69 Å². The second kappa shape index (κ2) is 9.23. The van der Waals surface area contributed by atoms with Crippen molar-refractivity contribution < 1.29 is 18.3 Å². The molecule has 162 valence electrons. The molecule has 0 radical (unpaired) electrons. The van der Waals surface area contributed by atoms with Gasteiger partial charge in [0, 0.05) is 13.1 Å². The van der Waals surface area contributed by atoms with Gasteiger partial charge in [-0.1, -0.05) is 12.1 Å². The third-order valence-electron chi connectivity index (χ3n) is 5.03. The van der Waals surface area contributed by atoms with E-state index in [1.165, 1.54) is 12.1 Å². The maximum absolute atomic E-state index is 12.3. The number of hydrogen-bond acceptors (Lipinski definition) is 5. The number of nitrogens with zero attached hydrogens (tertiary/aromatic N) is 3. The molecule has 3 N–H and O–H groups in total. The molecular formula is C22H23F2N5O2. The molecular weight excluding hydrogens is 404 g/mol. The largest absolute Gasteiger partial charge is 0.435 e. The van der Waals surface area contributed by atoms with Gasteiger partial charge in [-0.05, 0) is 48.9 Å². The Balaban J connectivity index is 1.50. The fourth-order valence-corrected chi connectivity index (χ4v) is 3.43. The number of halogens is 2. The van der Waals surface area contributed by atoms with Gasteiger partial charge in [-0.3, -0.25) is 0 Å². The highest BCUT2D eigenvalue weighted by Crippen LogP contribution is 2.23. The number of amidine groups is 1. The first kappa shape index (κ1) is 21.0. The predicted molar refractivity (Wildman–Crippen MR) is 113 cm³/mol. The van der Waals surface area contributed by atoms with Gasteiger partial charge in [-0.25, -0.2) is 9.67 Å². The molecule has 1 fully saturated rings. The van der Waals surface area contributed by atoms with E-state index >= 15 is 0 Å². The number of hydrogen-bond donors (Lipinski definition) is 2. The molecule has 0 bridgehead atoms. The molecule has 3 aromatic rings. The Kier molecular flexibility index (Phi) is 6.24. The summed E-state index contributed by atoms with van der Waals surface area (Å²) in [5.74, 6) is 0.424. The van der Waals surface area contributed by atoms with Crippen molar-refractivity contribution in [3.63, 3.8) is 0 Å². The molecule has 0 amide bonds. The Morgan fingerprint density at radius 3 is 2.61 bits per heavy atom. The highest BCUT2D eigenvalue weighted by molar-refractivity contribution is 5.99. The Hall–Kier alpha value is -3.30. The second-order valence-electron chi connectivity index (χ2n) is 7.08. The molecule has 1 aromatic heterocycles. The summed E-state index contributed by atoms with van der Waals surface area (Å²) in [6, 6.07) is 14.0. The number of nitrogens with one attached hydrogen (secondary N) is 1. The number of alkyl halides is 2. The van der Waals surface area contributed by atoms with E-state index in [1.807, 2.05) is 31.2 Å². The van der Waals surface area contributed by atoms with E-state index in [9.17, 15) is 8.78 Å². The molecule has 1 aliphatic heterocycles. The number of rotatable bonds is 6. The minimum Gasteiger partial charge on any atom is -0.435 e. The lowest BCUT2D eigenvalue weighted by Gasteiger charge is -2.23. The molecule has 2 heterocycles. The Labute approximate surface area is 178 Å². The molecule has 0 saturated carbocycles. The summed E-state index contributed by atoms with van der Waals surface area (Å²) in [7, 11) is 0. The van der Waals surface area contributed by atoms with Crippen LogP contribution in [-0.4, -0.2) is 41.9 Å². The van der Waals surface area contributed by atoms with Gasteiger partial charge in [0.15, 0.2) is 0 Å². The van der Waals surface area contributed by atoms with Gasteiger partial charge in [-0.2, -0.15) is 13.9 Å². The van der Waals surface area contributed by atoms with E-state index in [0.29, 0.717) is 23.7 Å². The second-order valence-corrected chi connectivity index (χ2v) is 7.08. The monoisotopic (exact) mass is 427 g/mol. The van der Waals surface area contributed by atoms with Gasteiger partial charge >= 0.3 is 6.61 Å². The van der Waals surface area contributed by atoms with Crippen LogP contribution < -0.4 is 15.8 Å². The first-order valence-electron chi connectivity index (χ1n) is 9.88. The van der Waals surface area contributed by atoms with Crippen LogP contribution in [0.5, 0.6) is 5.75 Å². The lowest BCUT2D eigenvalue weighted by atomic mass is 10.1. The fraction of sp³-hybridized carbons (Fsp3) is 0.273. The van der Waals surface area contributed by atoms with E-state index in [4.69, 9.17) is 10.5 Å². The maximum atomic E-state index is 12.3. The lowest BCUT2D eigenvalue weighted by Crippen LogP contribution is -2.33. The minimum absolute atomic E-state index is 0.0436. The van der Waals surface area contributed by atoms with Gasteiger partial charge in [-0.15, -0.1) is 0 Å². The van der Waals surface area contributed by atoms with Gasteiger partial charge in [0.2, 0.25) is 0 Å². The molecule has 9 heteroatoms. The van der Waals surface area contributed by atoms with Gasteiger partial charge in [0.05, 0.1) is 41.5 Å². The smallest absolute Gasteiger partial charge is 0.387 e. The van der Waals surface area contributed by atoms with Crippen molar-refractivity contribution in [2.75, 3.05) is 19.7 Å². The van der Waals surface area contributed by atoms with Crippen molar-refractivity contribution in [1.29, 1.82) is 0 Å². The summed E-state index contributed by atoms with van der Waals surface area (Å²) in [5.41, 5.74) is 10.2. The third kappa shape index (κ3) is 4.89. The minimum atomic E-state index is -2.86. The maximum Gasteiger partial charge on any atom is 0.387 e. The van der Waals surface area contributed by atoms with E-state index in [-0.39, 0.29) is 11.9 Å². The summed E-state index contributed by atoms with van der Waals surface area (Å²) in [4.78, 5) is 4.51. The Morgan fingerprint density at radius 2 is 1.97 bits per heavy atom. The number of benzene rings is 2. The van der Waals surface area contributed by atoms with E-state index < -0.39 is 6.61 Å². The van der Waals surface area contributed by atoms with Crippen LogP contribution in [0, 0.1) is 6.92 Å². The topological polar surface area (TPSA) is 86.7 Å². The average Bonchev–Trinajstić information content (AvgIpc) is 3.16. The standard InChI is InChI=1S/C22H23F2N5O2/c1-14-19(12-27-29(14)17-6-8-18(9-7-17)31-22(23)24)21(25)28-16-4-2-15(3-5-16)20-13-26-10-11-30-20/h2-9,12,20,22,26H,10-11,13H2,1H3,(H2,25,28)/t20-/m1/s1. The number of morpholine rings is 1. The highest BCUT2D eigenvalue weighted by atomic mass is 19.3. The Morgan fingerprint density at radius 1 is 1.23 bits per heavy atom. The average molecular weight is 427 g/mol. The fourth-order valence-electron chi connectivity index (χ4n) is 3.43. The van der Waals surface area contributed by atoms with Crippen molar-refractivity contribution in [2.24, 2.45) is 10.7 Å². The first-order valence-corrected chi connectivity index (χ1v) is 9.88. The molecule has 1 saturated heterocycles. The van der Waals surface area contributed by atoms with Gasteiger partial charge in [0.25, 0.3) is 0 Å². The molecule has 1 atom stereocenters. The van der Waals surface area contributed by atoms with Crippen LogP contribution in [0.2, 0.25) is 0 Å². The zero-order valence-corrected chi connectivity index (χ0v) is 17.0. The number of aliphatic imine (C=N–C) groups is 1. The van der Waals surface area contributed by atoms with E-state index in [1.54, 1.807) is 23.0 Å². The predicted octanol–water partition coefficient (Wildman–Crippen LogP) is 3.48. The summed E-state index contributed by atoms with van der Waals surface area (Å²) in [6.07, 6.45) is 1.68. The molecule has 7 nitrogen and oxygen atoms in total. The van der Waals surface area contributed by atoms with Crippen LogP contribution in [0.1, 0.15) is 22.9 Å². The first-order chi connectivity index (χ1) is 15.0. The quantitative estimate of drug-likeness (QED) is 0.465. The molecule has 0 spiro atoms. The summed E-state index contributed by atoms with van der Waals surface area (Å²) in [5, 5.41) is 7.67. The van der Waals surface area contributed by atoms with Crippen molar-refractivity contribution in [2.45, 2.75) is 19.6 Å². The molecule has 31 heavy (non-hydrogen) atoms. The summed E-state index contributed by atoms with van der Waals surface area (Å²) >= 11 is 0. The normalized spacial score (nSPS) is 17.2. The SMILES string of the molecule is Cc1c(C(N)=Nc2ccc([C@H]3CNCCO3)cc2)cnn1-c1ccc(OC(F)F)cc1. The molecule has 1 aliphatic rings. The van der Waals surface area contributed by atoms with Crippen LogP contribution in [0.15, 0.2) is 59.7 Å². The van der Waals surface area contributed by atoms with E-state index in [2.05, 4.69) is 20.1 Å². The zero-order valence-electron chi connectivity index (χ0n) is 17.0.